The normalized spacial score (nSPS) is 14.1. The second-order valence-corrected chi connectivity index (χ2v) is 5.58. The maximum absolute atomic E-state index is 6.27. The van der Waals surface area contributed by atoms with Gasteiger partial charge in [0.05, 0.1) is 6.04 Å². The predicted molar refractivity (Wildman–Crippen MR) is 87.9 cm³/mol. The number of hydrogen-bond donors (Lipinski definition) is 1. The highest BCUT2D eigenvalue weighted by molar-refractivity contribution is 5.26. The molecule has 0 fully saturated rings. The highest BCUT2D eigenvalue weighted by atomic mass is 15.2. The minimum atomic E-state index is 0.0539. The summed E-state index contributed by atoms with van der Waals surface area (Å²) >= 11 is 0. The lowest BCUT2D eigenvalue weighted by Gasteiger charge is -2.34. The minimum absolute atomic E-state index is 0.0539. The van der Waals surface area contributed by atoms with Gasteiger partial charge in [-0.25, -0.2) is 0 Å². The van der Waals surface area contributed by atoms with Crippen LogP contribution in [0.1, 0.15) is 36.6 Å². The van der Waals surface area contributed by atoms with Crippen molar-refractivity contribution in [2.75, 3.05) is 6.54 Å². The summed E-state index contributed by atoms with van der Waals surface area (Å²) in [5.74, 6) is 0. The highest BCUT2D eigenvalue weighted by Gasteiger charge is 2.23. The van der Waals surface area contributed by atoms with E-state index in [0.717, 1.165) is 13.1 Å². The fraction of sp³-hybridized carbons (Fsp3) is 0.389. The Hall–Kier alpha value is -1.71. The van der Waals surface area contributed by atoms with Gasteiger partial charge in [0.2, 0.25) is 0 Å². The van der Waals surface area contributed by atoms with Crippen LogP contribution in [-0.4, -0.2) is 22.5 Å². The zero-order valence-corrected chi connectivity index (χ0v) is 13.2. The lowest BCUT2D eigenvalue weighted by molar-refractivity contribution is 0.176. The van der Waals surface area contributed by atoms with Gasteiger partial charge < -0.3 is 5.73 Å². The van der Waals surface area contributed by atoms with Gasteiger partial charge in [0, 0.05) is 25.0 Å². The van der Waals surface area contributed by atoms with E-state index in [1.165, 1.54) is 16.7 Å². The molecule has 2 unspecified atom stereocenters. The first-order valence-electron chi connectivity index (χ1n) is 7.57. The maximum atomic E-state index is 6.27. The molecule has 0 aliphatic rings. The standard InChI is InChI=1S/C18H25N3/c1-4-21(13-17-9-6-5-8-14(17)2)18(15(3)19)16-10-7-11-20-12-16/h5-12,15,18H,4,13,19H2,1-3H3. The van der Waals surface area contributed by atoms with Crippen molar-refractivity contribution in [1.29, 1.82) is 0 Å². The molecule has 0 aliphatic heterocycles. The molecule has 3 heteroatoms. The Morgan fingerprint density at radius 3 is 2.52 bits per heavy atom. The Morgan fingerprint density at radius 2 is 1.95 bits per heavy atom. The number of likely N-dealkylation sites (N-methyl/N-ethyl adjacent to an activating group) is 1. The summed E-state index contributed by atoms with van der Waals surface area (Å²) in [6, 6.07) is 12.9. The SMILES string of the molecule is CCN(Cc1ccccc1C)C(c1cccnc1)C(C)N. The average Bonchev–Trinajstić information content (AvgIpc) is 2.49. The van der Waals surface area contributed by atoms with Crippen molar-refractivity contribution < 1.29 is 0 Å². The quantitative estimate of drug-likeness (QED) is 0.884. The molecule has 21 heavy (non-hydrogen) atoms. The molecule has 0 bridgehead atoms. The van der Waals surface area contributed by atoms with E-state index in [1.54, 1.807) is 6.20 Å². The van der Waals surface area contributed by atoms with Gasteiger partial charge in [0.1, 0.15) is 0 Å². The van der Waals surface area contributed by atoms with Crippen LogP contribution in [0.2, 0.25) is 0 Å². The van der Waals surface area contributed by atoms with Gasteiger partial charge in [-0.1, -0.05) is 37.3 Å². The molecule has 0 amide bonds. The van der Waals surface area contributed by atoms with Gasteiger partial charge in [-0.15, -0.1) is 0 Å². The van der Waals surface area contributed by atoms with Crippen molar-refractivity contribution in [3.8, 4) is 0 Å². The summed E-state index contributed by atoms with van der Waals surface area (Å²) in [7, 11) is 0. The van der Waals surface area contributed by atoms with Crippen LogP contribution >= 0.6 is 0 Å². The van der Waals surface area contributed by atoms with Crippen LogP contribution in [0.15, 0.2) is 48.8 Å². The van der Waals surface area contributed by atoms with E-state index in [2.05, 4.69) is 61.0 Å². The first-order chi connectivity index (χ1) is 10.1. The number of pyridine rings is 1. The third kappa shape index (κ3) is 3.90. The van der Waals surface area contributed by atoms with Gasteiger partial charge in [-0.05, 0) is 43.1 Å². The van der Waals surface area contributed by atoms with Crippen LogP contribution in [0.5, 0.6) is 0 Å². The Balaban J connectivity index is 2.27. The molecule has 3 nitrogen and oxygen atoms in total. The van der Waals surface area contributed by atoms with Gasteiger partial charge in [-0.3, -0.25) is 9.88 Å². The van der Waals surface area contributed by atoms with Crippen LogP contribution in [-0.2, 0) is 6.54 Å². The molecule has 2 N–H and O–H groups in total. The average molecular weight is 283 g/mol. The summed E-state index contributed by atoms with van der Waals surface area (Å²) in [4.78, 5) is 6.67. The fourth-order valence-electron chi connectivity index (χ4n) is 2.81. The van der Waals surface area contributed by atoms with Crippen molar-refractivity contribution in [3.63, 3.8) is 0 Å². The smallest absolute Gasteiger partial charge is 0.0515 e. The number of nitrogens with two attached hydrogens (primary N) is 1. The van der Waals surface area contributed by atoms with Crippen molar-refractivity contribution in [2.45, 2.75) is 39.4 Å². The molecule has 1 heterocycles. The molecule has 2 aromatic rings. The first-order valence-corrected chi connectivity index (χ1v) is 7.57. The molecular formula is C18H25N3. The van der Waals surface area contributed by atoms with E-state index in [0.29, 0.717) is 0 Å². The first kappa shape index (κ1) is 15.7. The second kappa shape index (κ2) is 7.34. The largest absolute Gasteiger partial charge is 0.326 e. The van der Waals surface area contributed by atoms with Crippen molar-refractivity contribution in [2.24, 2.45) is 5.73 Å². The molecule has 0 spiro atoms. The van der Waals surface area contributed by atoms with Crippen LogP contribution in [0.4, 0.5) is 0 Å². The van der Waals surface area contributed by atoms with Gasteiger partial charge in [0.15, 0.2) is 0 Å². The van der Waals surface area contributed by atoms with E-state index in [1.807, 2.05) is 12.3 Å². The lowest BCUT2D eigenvalue weighted by atomic mass is 9.99. The Bertz CT molecular complexity index is 551. The number of hydrogen-bond acceptors (Lipinski definition) is 3. The minimum Gasteiger partial charge on any atom is -0.326 e. The number of aryl methyl sites for hydroxylation is 1. The molecule has 0 saturated heterocycles. The summed E-state index contributed by atoms with van der Waals surface area (Å²) < 4.78 is 0. The topological polar surface area (TPSA) is 42.2 Å². The molecular weight excluding hydrogens is 258 g/mol. The molecule has 2 atom stereocenters. The summed E-state index contributed by atoms with van der Waals surface area (Å²) in [5, 5.41) is 0. The molecule has 112 valence electrons. The number of aromatic nitrogens is 1. The molecule has 1 aromatic heterocycles. The Kier molecular flexibility index (Phi) is 5.48. The van der Waals surface area contributed by atoms with E-state index < -0.39 is 0 Å². The van der Waals surface area contributed by atoms with Crippen LogP contribution in [0.3, 0.4) is 0 Å². The van der Waals surface area contributed by atoms with Crippen molar-refractivity contribution in [1.82, 2.24) is 9.88 Å². The zero-order valence-electron chi connectivity index (χ0n) is 13.2. The van der Waals surface area contributed by atoms with Gasteiger partial charge in [0.25, 0.3) is 0 Å². The molecule has 1 aromatic carbocycles. The van der Waals surface area contributed by atoms with E-state index in [-0.39, 0.29) is 12.1 Å². The Morgan fingerprint density at radius 1 is 1.19 bits per heavy atom. The lowest BCUT2D eigenvalue weighted by Crippen LogP contribution is -2.39. The third-order valence-electron chi connectivity index (χ3n) is 3.96. The van der Waals surface area contributed by atoms with Crippen molar-refractivity contribution >= 4 is 0 Å². The van der Waals surface area contributed by atoms with Crippen LogP contribution in [0.25, 0.3) is 0 Å². The second-order valence-electron chi connectivity index (χ2n) is 5.58. The monoisotopic (exact) mass is 283 g/mol. The zero-order chi connectivity index (χ0) is 15.2. The van der Waals surface area contributed by atoms with Gasteiger partial charge >= 0.3 is 0 Å². The summed E-state index contributed by atoms with van der Waals surface area (Å²) in [6.07, 6.45) is 3.73. The van der Waals surface area contributed by atoms with Crippen LogP contribution < -0.4 is 5.73 Å². The van der Waals surface area contributed by atoms with E-state index in [9.17, 15) is 0 Å². The highest BCUT2D eigenvalue weighted by Crippen LogP contribution is 2.25. The fourth-order valence-corrected chi connectivity index (χ4v) is 2.81. The number of benzene rings is 1. The maximum Gasteiger partial charge on any atom is 0.0515 e. The number of rotatable bonds is 6. The van der Waals surface area contributed by atoms with Crippen molar-refractivity contribution in [3.05, 3.63) is 65.5 Å². The Labute approximate surface area is 127 Å². The molecule has 2 rings (SSSR count). The molecule has 0 radical (unpaired) electrons. The van der Waals surface area contributed by atoms with E-state index in [4.69, 9.17) is 5.73 Å². The van der Waals surface area contributed by atoms with Gasteiger partial charge in [-0.2, -0.15) is 0 Å². The van der Waals surface area contributed by atoms with E-state index >= 15 is 0 Å². The molecule has 0 saturated carbocycles. The third-order valence-corrected chi connectivity index (χ3v) is 3.96. The van der Waals surface area contributed by atoms with Crippen LogP contribution in [0, 0.1) is 6.92 Å². The number of nitrogens with zero attached hydrogens (tertiary/aromatic N) is 2. The summed E-state index contributed by atoms with van der Waals surface area (Å²) in [6.45, 7) is 8.27. The predicted octanol–water partition coefficient (Wildman–Crippen LogP) is 3.30. The summed E-state index contributed by atoms with van der Waals surface area (Å²) in [5.41, 5.74) is 10.1. The molecule has 0 aliphatic carbocycles.